The van der Waals surface area contributed by atoms with Gasteiger partial charge >= 0.3 is 0 Å². The SMILES string of the molecule is C[C@H](CO)N[C@H](C)c1ccc(Br)cc1. The van der Waals surface area contributed by atoms with Gasteiger partial charge in [-0.25, -0.2) is 0 Å². The highest BCUT2D eigenvalue weighted by Gasteiger charge is 2.07. The lowest BCUT2D eigenvalue weighted by Gasteiger charge is -2.18. The maximum absolute atomic E-state index is 8.90. The Hall–Kier alpha value is -0.380. The molecule has 3 heteroatoms. The second kappa shape index (κ2) is 5.49. The standard InChI is InChI=1S/C11H16BrNO/c1-8(7-14)13-9(2)10-3-5-11(12)6-4-10/h3-6,8-9,13-14H,7H2,1-2H3/t8-,9-/m1/s1. The summed E-state index contributed by atoms with van der Waals surface area (Å²) in [5.74, 6) is 0. The van der Waals surface area contributed by atoms with E-state index in [-0.39, 0.29) is 18.7 Å². The van der Waals surface area contributed by atoms with Crippen molar-refractivity contribution in [3.05, 3.63) is 34.3 Å². The average molecular weight is 258 g/mol. The normalized spacial score (nSPS) is 15.1. The number of aliphatic hydroxyl groups excluding tert-OH is 1. The van der Waals surface area contributed by atoms with Crippen molar-refractivity contribution in [3.8, 4) is 0 Å². The van der Waals surface area contributed by atoms with Gasteiger partial charge in [-0.2, -0.15) is 0 Å². The summed E-state index contributed by atoms with van der Waals surface area (Å²) in [4.78, 5) is 0. The van der Waals surface area contributed by atoms with Crippen LogP contribution in [0.4, 0.5) is 0 Å². The van der Waals surface area contributed by atoms with Crippen LogP contribution in [0, 0.1) is 0 Å². The lowest BCUT2D eigenvalue weighted by molar-refractivity contribution is 0.243. The second-order valence-electron chi connectivity index (χ2n) is 3.52. The molecule has 1 aromatic rings. The quantitative estimate of drug-likeness (QED) is 0.869. The second-order valence-corrected chi connectivity index (χ2v) is 4.44. The van der Waals surface area contributed by atoms with E-state index in [1.54, 1.807) is 0 Å². The third-order valence-electron chi connectivity index (χ3n) is 2.18. The smallest absolute Gasteiger partial charge is 0.0582 e. The molecule has 1 aromatic carbocycles. The fourth-order valence-electron chi connectivity index (χ4n) is 1.33. The number of halogens is 1. The van der Waals surface area contributed by atoms with Crippen molar-refractivity contribution in [2.45, 2.75) is 25.9 Å². The van der Waals surface area contributed by atoms with Gasteiger partial charge in [0.15, 0.2) is 0 Å². The van der Waals surface area contributed by atoms with Gasteiger partial charge in [0.05, 0.1) is 6.61 Å². The van der Waals surface area contributed by atoms with Gasteiger partial charge in [-0.1, -0.05) is 28.1 Å². The molecule has 1 rings (SSSR count). The van der Waals surface area contributed by atoms with E-state index in [4.69, 9.17) is 5.11 Å². The average Bonchev–Trinajstić information content (AvgIpc) is 2.18. The third-order valence-corrected chi connectivity index (χ3v) is 2.71. The predicted molar refractivity (Wildman–Crippen MR) is 62.2 cm³/mol. The molecule has 0 unspecified atom stereocenters. The van der Waals surface area contributed by atoms with Crippen molar-refractivity contribution in [3.63, 3.8) is 0 Å². The summed E-state index contributed by atoms with van der Waals surface area (Å²) in [6.45, 7) is 4.23. The van der Waals surface area contributed by atoms with Gasteiger partial charge in [0.2, 0.25) is 0 Å². The molecule has 0 heterocycles. The van der Waals surface area contributed by atoms with Gasteiger partial charge in [-0.3, -0.25) is 0 Å². The molecule has 0 aliphatic carbocycles. The van der Waals surface area contributed by atoms with E-state index < -0.39 is 0 Å². The van der Waals surface area contributed by atoms with Crippen LogP contribution in [0.2, 0.25) is 0 Å². The molecular weight excluding hydrogens is 242 g/mol. The zero-order chi connectivity index (χ0) is 10.6. The van der Waals surface area contributed by atoms with Crippen LogP contribution in [-0.4, -0.2) is 17.8 Å². The van der Waals surface area contributed by atoms with Crippen molar-refractivity contribution in [1.82, 2.24) is 5.32 Å². The number of benzene rings is 1. The molecule has 0 bridgehead atoms. The molecule has 0 spiro atoms. The number of hydrogen-bond acceptors (Lipinski definition) is 2. The first kappa shape index (κ1) is 11.7. The van der Waals surface area contributed by atoms with Gasteiger partial charge in [-0.05, 0) is 31.5 Å². The third kappa shape index (κ3) is 3.40. The molecule has 0 radical (unpaired) electrons. The highest BCUT2D eigenvalue weighted by molar-refractivity contribution is 9.10. The molecule has 0 saturated carbocycles. The van der Waals surface area contributed by atoms with Crippen molar-refractivity contribution >= 4 is 15.9 Å². The lowest BCUT2D eigenvalue weighted by Crippen LogP contribution is -2.31. The van der Waals surface area contributed by atoms with Gasteiger partial charge in [-0.15, -0.1) is 0 Å². The van der Waals surface area contributed by atoms with Crippen LogP contribution < -0.4 is 5.32 Å². The van der Waals surface area contributed by atoms with E-state index in [0.29, 0.717) is 0 Å². The minimum absolute atomic E-state index is 0.133. The minimum Gasteiger partial charge on any atom is -0.395 e. The fourth-order valence-corrected chi connectivity index (χ4v) is 1.59. The Balaban J connectivity index is 2.60. The Bertz CT molecular complexity index is 273. The molecule has 0 aromatic heterocycles. The first-order valence-corrected chi connectivity index (χ1v) is 5.55. The highest BCUT2D eigenvalue weighted by atomic mass is 79.9. The van der Waals surface area contributed by atoms with Crippen LogP contribution in [0.25, 0.3) is 0 Å². The molecule has 2 N–H and O–H groups in total. The van der Waals surface area contributed by atoms with E-state index >= 15 is 0 Å². The number of hydrogen-bond donors (Lipinski definition) is 2. The van der Waals surface area contributed by atoms with Crippen LogP contribution in [0.1, 0.15) is 25.5 Å². The summed E-state index contributed by atoms with van der Waals surface area (Å²) in [6, 6.07) is 8.60. The van der Waals surface area contributed by atoms with Gasteiger partial charge in [0.1, 0.15) is 0 Å². The van der Waals surface area contributed by atoms with E-state index in [2.05, 4.69) is 40.3 Å². The summed E-state index contributed by atoms with van der Waals surface area (Å²) in [5.41, 5.74) is 1.23. The van der Waals surface area contributed by atoms with Crippen LogP contribution >= 0.6 is 15.9 Å². The van der Waals surface area contributed by atoms with Gasteiger partial charge in [0.25, 0.3) is 0 Å². The maximum Gasteiger partial charge on any atom is 0.0582 e. The maximum atomic E-state index is 8.90. The minimum atomic E-state index is 0.133. The van der Waals surface area contributed by atoms with E-state index in [1.807, 2.05) is 19.1 Å². The van der Waals surface area contributed by atoms with E-state index in [9.17, 15) is 0 Å². The number of aliphatic hydroxyl groups is 1. The molecule has 78 valence electrons. The summed E-state index contributed by atoms with van der Waals surface area (Å²) in [5, 5.41) is 12.2. The topological polar surface area (TPSA) is 32.3 Å². The van der Waals surface area contributed by atoms with Crippen molar-refractivity contribution in [1.29, 1.82) is 0 Å². The first-order chi connectivity index (χ1) is 6.63. The molecule has 0 saturated heterocycles. The van der Waals surface area contributed by atoms with Crippen molar-refractivity contribution in [2.75, 3.05) is 6.61 Å². The predicted octanol–water partition coefficient (Wildman–Crippen LogP) is 2.48. The van der Waals surface area contributed by atoms with Crippen LogP contribution in [0.3, 0.4) is 0 Å². The number of rotatable bonds is 4. The summed E-state index contributed by atoms with van der Waals surface area (Å²) >= 11 is 3.40. The highest BCUT2D eigenvalue weighted by Crippen LogP contribution is 2.16. The zero-order valence-electron chi connectivity index (χ0n) is 8.50. The van der Waals surface area contributed by atoms with E-state index in [0.717, 1.165) is 4.47 Å². The Morgan fingerprint density at radius 1 is 1.29 bits per heavy atom. The Kier molecular flexibility index (Phi) is 4.58. The molecular formula is C11H16BrNO. The number of nitrogens with one attached hydrogen (secondary N) is 1. The lowest BCUT2D eigenvalue weighted by atomic mass is 10.1. The van der Waals surface area contributed by atoms with Crippen molar-refractivity contribution in [2.24, 2.45) is 0 Å². The molecule has 2 atom stereocenters. The summed E-state index contributed by atoms with van der Waals surface area (Å²) in [7, 11) is 0. The largest absolute Gasteiger partial charge is 0.395 e. The molecule has 0 fully saturated rings. The summed E-state index contributed by atoms with van der Waals surface area (Å²) in [6.07, 6.45) is 0. The van der Waals surface area contributed by atoms with E-state index in [1.165, 1.54) is 5.56 Å². The first-order valence-electron chi connectivity index (χ1n) is 4.76. The molecule has 0 aliphatic heterocycles. The van der Waals surface area contributed by atoms with Gasteiger partial charge < -0.3 is 10.4 Å². The van der Waals surface area contributed by atoms with Crippen molar-refractivity contribution < 1.29 is 5.11 Å². The van der Waals surface area contributed by atoms with Crippen LogP contribution in [0.15, 0.2) is 28.7 Å². The van der Waals surface area contributed by atoms with Crippen LogP contribution in [-0.2, 0) is 0 Å². The Morgan fingerprint density at radius 3 is 2.36 bits per heavy atom. The Labute approximate surface area is 93.5 Å². The Morgan fingerprint density at radius 2 is 1.86 bits per heavy atom. The molecule has 14 heavy (non-hydrogen) atoms. The molecule has 0 amide bonds. The molecule has 2 nitrogen and oxygen atoms in total. The summed E-state index contributed by atoms with van der Waals surface area (Å²) < 4.78 is 1.09. The van der Waals surface area contributed by atoms with Crippen LogP contribution in [0.5, 0.6) is 0 Å². The zero-order valence-corrected chi connectivity index (χ0v) is 10.1. The fraction of sp³-hybridized carbons (Fsp3) is 0.455. The molecule has 0 aliphatic rings. The monoisotopic (exact) mass is 257 g/mol. The van der Waals surface area contributed by atoms with Gasteiger partial charge in [0, 0.05) is 16.6 Å².